The maximum atomic E-state index is 14.7. The fraction of sp³-hybridized carbons (Fsp3) is 0.609. The molecule has 0 bridgehead atoms. The summed E-state index contributed by atoms with van der Waals surface area (Å²) in [5, 5.41) is 20.2. The van der Waals surface area contributed by atoms with E-state index in [4.69, 9.17) is 0 Å². The third-order valence-electron chi connectivity index (χ3n) is 13.5. The molecule has 3 N–H and O–H groups in total. The number of aliphatic hydroxyl groups is 1. The van der Waals surface area contributed by atoms with Crippen LogP contribution in [-0.4, -0.2) is 47.9 Å². The first-order valence-electron chi connectivity index (χ1n) is 20.9. The van der Waals surface area contributed by atoms with Crippen LogP contribution in [-0.2, 0) is 25.2 Å². The molecule has 0 radical (unpaired) electrons. The van der Waals surface area contributed by atoms with E-state index >= 15 is 0 Å². The zero-order valence-electron chi connectivity index (χ0n) is 35.3. The zero-order valence-corrected chi connectivity index (χ0v) is 35.3. The SMILES string of the molecule is CCCCC(CC)C(=O)Nc1cc2c(cc1C1=C(O)/C(=c3\cc4c(cc3NC(=O)C(CC)CCCC)=[N+](CC)C(C)C4(C)C)C1=O)C(C)(C)C(C)N2CC. The molecule has 294 valence electrons. The number of likely N-dealkylation sites (N-methyl/N-ethyl adjacent to an activating group) is 2. The Kier molecular flexibility index (Phi) is 12.2. The second-order valence-corrected chi connectivity index (χ2v) is 17.1. The van der Waals surface area contributed by atoms with Crippen molar-refractivity contribution in [3.8, 4) is 0 Å². The van der Waals surface area contributed by atoms with Gasteiger partial charge in [0.15, 0.2) is 6.04 Å². The minimum absolute atomic E-state index is 0.0643. The molecule has 2 heterocycles. The molecule has 2 aromatic carbocycles. The minimum atomic E-state index is -0.290. The lowest BCUT2D eigenvalue weighted by molar-refractivity contribution is -0.121. The molecule has 0 fully saturated rings. The molecule has 0 saturated heterocycles. The number of nitrogens with one attached hydrogen (secondary N) is 2. The first kappa shape index (κ1) is 41.2. The van der Waals surface area contributed by atoms with Crippen molar-refractivity contribution in [3.05, 3.63) is 57.3 Å². The zero-order chi connectivity index (χ0) is 39.9. The number of unbranched alkanes of at least 4 members (excludes halogenated alkanes) is 2. The number of amides is 2. The highest BCUT2D eigenvalue weighted by Gasteiger charge is 2.46. The summed E-state index contributed by atoms with van der Waals surface area (Å²) in [6.07, 6.45) is 6.97. The summed E-state index contributed by atoms with van der Waals surface area (Å²) in [6.45, 7) is 27.5. The second kappa shape index (κ2) is 16.0. The van der Waals surface area contributed by atoms with Crippen molar-refractivity contribution in [2.24, 2.45) is 11.8 Å². The molecule has 54 heavy (non-hydrogen) atoms. The molecule has 2 amide bonds. The Bertz CT molecular complexity index is 1970. The number of ketones is 1. The number of fused-ring (bicyclic) bond motifs is 2. The molecule has 0 aromatic heterocycles. The molecule has 3 aliphatic rings. The van der Waals surface area contributed by atoms with E-state index in [1.165, 1.54) is 0 Å². The fourth-order valence-electron chi connectivity index (χ4n) is 9.15. The maximum Gasteiger partial charge on any atom is 0.227 e. The van der Waals surface area contributed by atoms with E-state index in [2.05, 4.69) is 89.3 Å². The number of anilines is 3. The van der Waals surface area contributed by atoms with Crippen LogP contribution in [0.4, 0.5) is 17.1 Å². The number of carbonyl (C=O) groups is 3. The summed E-state index contributed by atoms with van der Waals surface area (Å²) in [4.78, 5) is 44.7. The lowest BCUT2D eigenvalue weighted by atomic mass is 9.76. The van der Waals surface area contributed by atoms with E-state index in [-0.39, 0.29) is 69.3 Å². The van der Waals surface area contributed by atoms with Crippen molar-refractivity contribution in [2.75, 3.05) is 28.6 Å². The molecule has 4 atom stereocenters. The largest absolute Gasteiger partial charge is 0.506 e. The molecule has 4 unspecified atom stereocenters. The van der Waals surface area contributed by atoms with Crippen LogP contribution in [0.15, 0.2) is 30.0 Å². The van der Waals surface area contributed by atoms with E-state index < -0.39 is 0 Å². The number of allylic oxidation sites excluding steroid dienone is 2. The normalized spacial score (nSPS) is 21.8. The number of Topliss-reactive ketones (excluding diaryl/α,β-unsaturated/α-hetero) is 1. The van der Waals surface area contributed by atoms with Gasteiger partial charge in [0, 0.05) is 57.9 Å². The quantitative estimate of drug-likeness (QED) is 0.159. The molecule has 8 heteroatoms. The van der Waals surface area contributed by atoms with Gasteiger partial charge in [-0.05, 0) is 91.0 Å². The van der Waals surface area contributed by atoms with Crippen LogP contribution in [0.2, 0.25) is 0 Å². The van der Waals surface area contributed by atoms with Crippen LogP contribution in [0.25, 0.3) is 11.1 Å². The first-order chi connectivity index (χ1) is 25.5. The highest BCUT2D eigenvalue weighted by atomic mass is 16.3. The van der Waals surface area contributed by atoms with Crippen molar-refractivity contribution in [1.82, 2.24) is 4.58 Å². The number of hydrogen-bond donors (Lipinski definition) is 3. The van der Waals surface area contributed by atoms with E-state index in [1.807, 2.05) is 38.1 Å². The predicted octanol–water partition coefficient (Wildman–Crippen LogP) is 8.40. The van der Waals surface area contributed by atoms with Crippen LogP contribution in [0, 0.1) is 11.8 Å². The third kappa shape index (κ3) is 6.92. The summed E-state index contributed by atoms with van der Waals surface area (Å²) in [5.41, 5.74) is 4.80. The van der Waals surface area contributed by atoms with E-state index in [9.17, 15) is 19.5 Å². The number of nitrogens with zero attached hydrogens (tertiary/aromatic N) is 2. The summed E-state index contributed by atoms with van der Waals surface area (Å²) < 4.78 is 2.35. The standard InChI is InChI=1S/C46H66N4O4/c1-13-19-21-29(15-3)43(53)47-35-25-37-33(45(9,10)27(7)49(37)17-5)23-31(35)39-41(51)40(42(39)52)32-24-34-38(50(18-6)28(8)46(34,11)12)26-36(32)48-44(54)30(16-4)22-20-14-2/h23-30H,13-22H2,1-12H3,(H2,47,48,51,52,53,54)/p+1. The predicted molar refractivity (Wildman–Crippen MR) is 224 cm³/mol. The van der Waals surface area contributed by atoms with Gasteiger partial charge in [-0.1, -0.05) is 67.2 Å². The molecular weight excluding hydrogens is 673 g/mol. The van der Waals surface area contributed by atoms with Crippen LogP contribution in [0.3, 0.4) is 0 Å². The Morgan fingerprint density at radius 1 is 0.796 bits per heavy atom. The van der Waals surface area contributed by atoms with Crippen molar-refractivity contribution in [3.63, 3.8) is 0 Å². The third-order valence-corrected chi connectivity index (χ3v) is 13.5. The van der Waals surface area contributed by atoms with Gasteiger partial charge < -0.3 is 20.6 Å². The van der Waals surface area contributed by atoms with Gasteiger partial charge in [-0.25, -0.2) is 4.58 Å². The van der Waals surface area contributed by atoms with Gasteiger partial charge in [0.05, 0.1) is 27.9 Å². The lowest BCUT2D eigenvalue weighted by Crippen LogP contribution is -2.38. The maximum absolute atomic E-state index is 14.7. The molecule has 1 aliphatic carbocycles. The van der Waals surface area contributed by atoms with Crippen LogP contribution in [0.5, 0.6) is 0 Å². The number of carbonyl (C=O) groups excluding carboxylic acids is 3. The fourth-order valence-corrected chi connectivity index (χ4v) is 9.15. The van der Waals surface area contributed by atoms with Gasteiger partial charge in [-0.2, -0.15) is 0 Å². The van der Waals surface area contributed by atoms with Gasteiger partial charge in [0.25, 0.3) is 0 Å². The van der Waals surface area contributed by atoms with Gasteiger partial charge in [0.1, 0.15) is 12.3 Å². The number of hydrogen-bond acceptors (Lipinski definition) is 5. The van der Waals surface area contributed by atoms with Crippen LogP contribution in [0.1, 0.15) is 151 Å². The number of rotatable bonds is 15. The monoisotopic (exact) mass is 740 g/mol. The van der Waals surface area contributed by atoms with Crippen molar-refractivity contribution < 1.29 is 19.5 Å². The molecule has 8 nitrogen and oxygen atoms in total. The Labute approximate surface area is 324 Å². The second-order valence-electron chi connectivity index (χ2n) is 17.1. The summed E-state index contributed by atoms with van der Waals surface area (Å²) in [7, 11) is 0. The number of benzene rings is 2. The van der Waals surface area contributed by atoms with Crippen LogP contribution >= 0.6 is 0 Å². The van der Waals surface area contributed by atoms with Gasteiger partial charge in [0.2, 0.25) is 23.0 Å². The average Bonchev–Trinajstić information content (AvgIpc) is 3.44. The average molecular weight is 740 g/mol. The Morgan fingerprint density at radius 3 is 1.87 bits per heavy atom. The minimum Gasteiger partial charge on any atom is -0.506 e. The first-order valence-corrected chi connectivity index (χ1v) is 20.9. The summed E-state index contributed by atoms with van der Waals surface area (Å²) >= 11 is 0. The topological polar surface area (TPSA) is 102 Å². The van der Waals surface area contributed by atoms with Gasteiger partial charge >= 0.3 is 0 Å². The summed E-state index contributed by atoms with van der Waals surface area (Å²) in [6, 6.07) is 8.47. The molecule has 5 rings (SSSR count). The molecular formula is C46H67N4O4+. The Balaban J connectivity index is 1.75. The van der Waals surface area contributed by atoms with Crippen LogP contribution < -0.4 is 30.7 Å². The van der Waals surface area contributed by atoms with Crippen molar-refractivity contribution >= 4 is 45.8 Å². The summed E-state index contributed by atoms with van der Waals surface area (Å²) in [5.74, 6) is -0.825. The molecule has 2 aliphatic heterocycles. The van der Waals surface area contributed by atoms with Gasteiger partial charge in [-0.15, -0.1) is 0 Å². The Morgan fingerprint density at radius 2 is 1.37 bits per heavy atom. The molecule has 0 saturated carbocycles. The number of aliphatic hydroxyl groups excluding tert-OH is 1. The highest BCUT2D eigenvalue weighted by Crippen LogP contribution is 2.50. The molecule has 2 aromatic rings. The van der Waals surface area contributed by atoms with E-state index in [0.29, 0.717) is 22.2 Å². The van der Waals surface area contributed by atoms with Gasteiger partial charge in [-0.3, -0.25) is 14.4 Å². The highest BCUT2D eigenvalue weighted by molar-refractivity contribution is 6.52. The molecule has 0 spiro atoms. The lowest BCUT2D eigenvalue weighted by Gasteiger charge is -2.30. The van der Waals surface area contributed by atoms with Crippen molar-refractivity contribution in [2.45, 2.75) is 157 Å². The van der Waals surface area contributed by atoms with E-state index in [0.717, 1.165) is 86.6 Å². The van der Waals surface area contributed by atoms with E-state index in [1.54, 1.807) is 0 Å². The smallest absolute Gasteiger partial charge is 0.227 e. The van der Waals surface area contributed by atoms with Crippen molar-refractivity contribution in [1.29, 1.82) is 0 Å². The Hall–Kier alpha value is -3.94.